The van der Waals surface area contributed by atoms with E-state index >= 15 is 0 Å². The Kier molecular flexibility index (Phi) is 4.89. The molecule has 0 spiro atoms. The second-order valence-corrected chi connectivity index (χ2v) is 5.69. The Morgan fingerprint density at radius 2 is 1.76 bits per heavy atom. The zero-order valence-electron chi connectivity index (χ0n) is 13.5. The van der Waals surface area contributed by atoms with Crippen molar-refractivity contribution in [3.8, 4) is 11.1 Å². The van der Waals surface area contributed by atoms with Crippen molar-refractivity contribution in [3.05, 3.63) is 51.1 Å². The van der Waals surface area contributed by atoms with Crippen molar-refractivity contribution in [2.24, 2.45) is 0 Å². The molecule has 132 valence electrons. The highest BCUT2D eigenvalue weighted by Crippen LogP contribution is 2.30. The first-order chi connectivity index (χ1) is 11.6. The van der Waals surface area contributed by atoms with E-state index in [2.05, 4.69) is 0 Å². The van der Waals surface area contributed by atoms with Crippen LogP contribution in [0.1, 0.15) is 26.3 Å². The number of hydrogen-bond acceptors (Lipinski definition) is 5. The van der Waals surface area contributed by atoms with Crippen LogP contribution in [0.25, 0.3) is 11.1 Å². The predicted octanol–water partition coefficient (Wildman–Crippen LogP) is 1.22. The van der Waals surface area contributed by atoms with Crippen LogP contribution >= 0.6 is 0 Å². The van der Waals surface area contributed by atoms with Crippen molar-refractivity contribution < 1.29 is 24.2 Å². The second kappa shape index (κ2) is 6.73. The second-order valence-electron chi connectivity index (χ2n) is 5.69. The van der Waals surface area contributed by atoms with E-state index in [4.69, 9.17) is 5.73 Å². The Labute approximate surface area is 141 Å². The molecule has 0 radical (unpaired) electrons. The number of carboxylic acid groups (broad SMARTS) is 2. The summed E-state index contributed by atoms with van der Waals surface area (Å²) in [6, 6.07) is 3.63. The minimum atomic E-state index is -1.64. The number of anilines is 1. The van der Waals surface area contributed by atoms with E-state index in [1.54, 1.807) is 19.0 Å². The van der Waals surface area contributed by atoms with E-state index in [0.29, 0.717) is 12.1 Å². The first kappa shape index (κ1) is 18.1. The number of benzene rings is 1. The van der Waals surface area contributed by atoms with E-state index in [1.165, 1.54) is 12.1 Å². The number of aromatic carboxylic acids is 2. The summed E-state index contributed by atoms with van der Waals surface area (Å²) in [7, 11) is 3.50. The third-order valence-corrected chi connectivity index (χ3v) is 3.42. The van der Waals surface area contributed by atoms with Gasteiger partial charge in [0.05, 0.1) is 0 Å². The van der Waals surface area contributed by atoms with Gasteiger partial charge in [0.2, 0.25) is 0 Å². The third-order valence-electron chi connectivity index (χ3n) is 3.42. The standard InChI is InChI=1S/C16H16FN3O5/c1-20(2)6-7-3-8(5-9(17)4-7)10-11(15(22)23)13(18)19-14(21)12(10)16(24)25/h3-5H,6H2,1-2H3,(H,22,23)(H,24,25)(H3,18,19,21). The lowest BCUT2D eigenvalue weighted by molar-refractivity contribution is 0.0695. The lowest BCUT2D eigenvalue weighted by Gasteiger charge is -2.15. The Balaban J connectivity index is 2.90. The third kappa shape index (κ3) is 3.66. The Hall–Kier alpha value is -3.20. The van der Waals surface area contributed by atoms with Crippen molar-refractivity contribution in [3.63, 3.8) is 0 Å². The molecule has 0 bridgehead atoms. The van der Waals surface area contributed by atoms with Crippen molar-refractivity contribution in [1.82, 2.24) is 9.88 Å². The predicted molar refractivity (Wildman–Crippen MR) is 88.2 cm³/mol. The number of H-pyrrole nitrogens is 1. The topological polar surface area (TPSA) is 137 Å². The summed E-state index contributed by atoms with van der Waals surface area (Å²) >= 11 is 0. The van der Waals surface area contributed by atoms with Gasteiger partial charge in [0.15, 0.2) is 0 Å². The van der Waals surface area contributed by atoms with Gasteiger partial charge in [0.25, 0.3) is 5.56 Å². The minimum Gasteiger partial charge on any atom is -0.478 e. The molecular weight excluding hydrogens is 333 g/mol. The van der Waals surface area contributed by atoms with Crippen LogP contribution in [0.3, 0.4) is 0 Å². The van der Waals surface area contributed by atoms with Gasteiger partial charge in [-0.25, -0.2) is 14.0 Å². The SMILES string of the molecule is CN(C)Cc1cc(F)cc(-c2c(C(=O)O)c(N)[nH]c(=O)c2C(=O)O)c1. The van der Waals surface area contributed by atoms with Crippen LogP contribution in [0.2, 0.25) is 0 Å². The minimum absolute atomic E-state index is 0.0514. The number of aromatic nitrogens is 1. The molecule has 9 heteroatoms. The monoisotopic (exact) mass is 349 g/mol. The fraction of sp³-hybridized carbons (Fsp3) is 0.188. The Bertz CT molecular complexity index is 921. The average Bonchev–Trinajstić information content (AvgIpc) is 2.43. The number of hydrogen-bond donors (Lipinski definition) is 4. The summed E-state index contributed by atoms with van der Waals surface area (Å²) in [6.45, 7) is 0.328. The summed E-state index contributed by atoms with van der Waals surface area (Å²) in [6.07, 6.45) is 0. The summed E-state index contributed by atoms with van der Waals surface area (Å²) in [5.41, 5.74) is 3.08. The van der Waals surface area contributed by atoms with E-state index in [9.17, 15) is 29.0 Å². The molecule has 25 heavy (non-hydrogen) atoms. The van der Waals surface area contributed by atoms with E-state index < -0.39 is 45.8 Å². The van der Waals surface area contributed by atoms with Crippen LogP contribution in [-0.2, 0) is 6.54 Å². The molecule has 2 rings (SSSR count). The highest BCUT2D eigenvalue weighted by molar-refractivity contribution is 6.07. The van der Waals surface area contributed by atoms with Gasteiger partial charge >= 0.3 is 11.9 Å². The summed E-state index contributed by atoms with van der Waals surface area (Å²) in [5.74, 6) is -4.38. The Morgan fingerprint density at radius 1 is 1.16 bits per heavy atom. The molecule has 0 aliphatic rings. The summed E-state index contributed by atoms with van der Waals surface area (Å²) in [4.78, 5) is 38.8. The van der Waals surface area contributed by atoms with Crippen molar-refractivity contribution in [2.45, 2.75) is 6.54 Å². The first-order valence-electron chi connectivity index (χ1n) is 7.08. The van der Waals surface area contributed by atoms with Gasteiger partial charge in [0.1, 0.15) is 22.8 Å². The van der Waals surface area contributed by atoms with Crippen LogP contribution < -0.4 is 11.3 Å². The summed E-state index contributed by atoms with van der Waals surface area (Å²) < 4.78 is 14.0. The zero-order chi connectivity index (χ0) is 18.9. The maximum Gasteiger partial charge on any atom is 0.342 e. The van der Waals surface area contributed by atoms with Crippen LogP contribution in [0.5, 0.6) is 0 Å². The van der Waals surface area contributed by atoms with Crippen LogP contribution in [0.15, 0.2) is 23.0 Å². The molecule has 0 saturated carbocycles. The smallest absolute Gasteiger partial charge is 0.342 e. The van der Waals surface area contributed by atoms with Gasteiger partial charge in [-0.3, -0.25) is 4.79 Å². The molecule has 0 fully saturated rings. The normalized spacial score (nSPS) is 10.9. The molecule has 0 aliphatic heterocycles. The van der Waals surface area contributed by atoms with Gasteiger partial charge in [0, 0.05) is 12.1 Å². The maximum absolute atomic E-state index is 14.0. The van der Waals surface area contributed by atoms with E-state index in [0.717, 1.165) is 6.07 Å². The van der Waals surface area contributed by atoms with Gasteiger partial charge in [-0.1, -0.05) is 0 Å². The maximum atomic E-state index is 14.0. The number of nitrogens with two attached hydrogens (primary N) is 1. The molecule has 0 unspecified atom stereocenters. The number of aromatic amines is 1. The van der Waals surface area contributed by atoms with Crippen LogP contribution in [-0.4, -0.2) is 46.1 Å². The number of nitrogen functional groups attached to an aromatic ring is 1. The molecule has 0 atom stereocenters. The molecule has 0 aliphatic carbocycles. The Morgan fingerprint density at radius 3 is 2.28 bits per heavy atom. The van der Waals surface area contributed by atoms with E-state index in [1.807, 2.05) is 4.98 Å². The molecule has 1 aromatic carbocycles. The average molecular weight is 349 g/mol. The number of carboxylic acids is 2. The zero-order valence-corrected chi connectivity index (χ0v) is 13.5. The number of halogens is 1. The molecule has 0 amide bonds. The van der Waals surface area contributed by atoms with Crippen LogP contribution in [0.4, 0.5) is 10.2 Å². The molecule has 5 N–H and O–H groups in total. The quantitative estimate of drug-likeness (QED) is 0.637. The fourth-order valence-electron chi connectivity index (χ4n) is 2.59. The van der Waals surface area contributed by atoms with Crippen molar-refractivity contribution in [2.75, 3.05) is 19.8 Å². The fourth-order valence-corrected chi connectivity index (χ4v) is 2.59. The van der Waals surface area contributed by atoms with Crippen LogP contribution in [0, 0.1) is 5.82 Å². The van der Waals surface area contributed by atoms with Gasteiger partial charge in [-0.05, 0) is 43.4 Å². The molecule has 1 aromatic heterocycles. The number of pyridine rings is 1. The van der Waals surface area contributed by atoms with Gasteiger partial charge in [-0.15, -0.1) is 0 Å². The number of rotatable bonds is 5. The number of nitrogens with zero attached hydrogens (tertiary/aromatic N) is 1. The molecule has 8 nitrogen and oxygen atoms in total. The molecule has 1 heterocycles. The lowest BCUT2D eigenvalue weighted by Crippen LogP contribution is -2.24. The van der Waals surface area contributed by atoms with E-state index in [-0.39, 0.29) is 5.56 Å². The van der Waals surface area contributed by atoms with Crippen molar-refractivity contribution in [1.29, 1.82) is 0 Å². The largest absolute Gasteiger partial charge is 0.478 e. The lowest BCUT2D eigenvalue weighted by atomic mass is 9.94. The van der Waals surface area contributed by atoms with Gasteiger partial charge < -0.3 is 25.8 Å². The van der Waals surface area contributed by atoms with Crippen molar-refractivity contribution >= 4 is 17.8 Å². The highest BCUT2D eigenvalue weighted by Gasteiger charge is 2.27. The molecule has 2 aromatic rings. The molecule has 0 saturated heterocycles. The summed E-state index contributed by atoms with van der Waals surface area (Å²) in [5, 5.41) is 18.7. The highest BCUT2D eigenvalue weighted by atomic mass is 19.1. The van der Waals surface area contributed by atoms with Gasteiger partial charge in [-0.2, -0.15) is 0 Å². The number of nitrogens with one attached hydrogen (secondary N) is 1. The number of carbonyl (C=O) groups is 2. The molecular formula is C16H16FN3O5. The first-order valence-corrected chi connectivity index (χ1v) is 7.08.